The molecule has 114 valence electrons. The van der Waals surface area contributed by atoms with Gasteiger partial charge in [0, 0.05) is 32.1 Å². The van der Waals surface area contributed by atoms with Crippen molar-refractivity contribution in [2.75, 3.05) is 19.6 Å². The molecular weight excluding hydrogens is 254 g/mol. The maximum absolute atomic E-state index is 12.0. The predicted octanol–water partition coefficient (Wildman–Crippen LogP) is 1.04. The lowest BCUT2D eigenvalue weighted by Gasteiger charge is -2.19. The number of hydrogen-bond acceptors (Lipinski definition) is 3. The van der Waals surface area contributed by atoms with Gasteiger partial charge in [-0.2, -0.15) is 0 Å². The number of rotatable bonds is 6. The molecule has 0 bridgehead atoms. The Morgan fingerprint density at radius 1 is 1.15 bits per heavy atom. The largest absolute Gasteiger partial charge is 0.352 e. The first-order valence-electron chi connectivity index (χ1n) is 7.98. The molecule has 1 aliphatic heterocycles. The van der Waals surface area contributed by atoms with Crippen LogP contribution >= 0.6 is 0 Å². The van der Waals surface area contributed by atoms with Gasteiger partial charge >= 0.3 is 0 Å². The Kier molecular flexibility index (Phi) is 5.83. The first-order valence-corrected chi connectivity index (χ1v) is 7.98. The molecule has 1 aliphatic carbocycles. The van der Waals surface area contributed by atoms with Crippen LogP contribution in [0.5, 0.6) is 0 Å². The van der Waals surface area contributed by atoms with Crippen LogP contribution < -0.4 is 10.6 Å². The van der Waals surface area contributed by atoms with E-state index in [1.165, 1.54) is 12.8 Å². The molecule has 2 aliphatic rings. The minimum Gasteiger partial charge on any atom is -0.352 e. The molecule has 5 heteroatoms. The van der Waals surface area contributed by atoms with E-state index in [-0.39, 0.29) is 17.9 Å². The molecule has 2 fully saturated rings. The van der Waals surface area contributed by atoms with Crippen molar-refractivity contribution < 1.29 is 9.59 Å². The molecule has 0 aromatic carbocycles. The summed E-state index contributed by atoms with van der Waals surface area (Å²) in [5.41, 5.74) is 0. The van der Waals surface area contributed by atoms with Gasteiger partial charge in [-0.3, -0.25) is 9.59 Å². The maximum Gasteiger partial charge on any atom is 0.237 e. The van der Waals surface area contributed by atoms with Crippen LogP contribution in [-0.2, 0) is 9.59 Å². The Labute approximate surface area is 121 Å². The second-order valence-corrected chi connectivity index (χ2v) is 6.00. The van der Waals surface area contributed by atoms with E-state index in [1.807, 2.05) is 11.8 Å². The lowest BCUT2D eigenvalue weighted by atomic mass is 10.2. The summed E-state index contributed by atoms with van der Waals surface area (Å²) >= 11 is 0. The van der Waals surface area contributed by atoms with Gasteiger partial charge in [0.25, 0.3) is 0 Å². The summed E-state index contributed by atoms with van der Waals surface area (Å²) < 4.78 is 0. The van der Waals surface area contributed by atoms with E-state index >= 15 is 0 Å². The monoisotopic (exact) mass is 281 g/mol. The van der Waals surface area contributed by atoms with Gasteiger partial charge < -0.3 is 15.5 Å². The molecular formula is C15H27N3O2. The average Bonchev–Trinajstić information content (AvgIpc) is 3.11. The summed E-state index contributed by atoms with van der Waals surface area (Å²) in [6.07, 6.45) is 7.38. The van der Waals surface area contributed by atoms with E-state index in [4.69, 9.17) is 0 Å². The van der Waals surface area contributed by atoms with Crippen LogP contribution in [0.4, 0.5) is 0 Å². The van der Waals surface area contributed by atoms with Crippen LogP contribution in [0, 0.1) is 0 Å². The Balaban J connectivity index is 1.60. The molecule has 2 amide bonds. The topological polar surface area (TPSA) is 61.4 Å². The lowest BCUT2D eigenvalue weighted by molar-refractivity contribution is -0.130. The van der Waals surface area contributed by atoms with Gasteiger partial charge in [0.15, 0.2) is 0 Å². The highest BCUT2D eigenvalue weighted by molar-refractivity contribution is 5.81. The molecule has 2 N–H and O–H groups in total. The lowest BCUT2D eigenvalue weighted by Crippen LogP contribution is -2.46. The highest BCUT2D eigenvalue weighted by Crippen LogP contribution is 2.17. The van der Waals surface area contributed by atoms with Crippen molar-refractivity contribution in [3.63, 3.8) is 0 Å². The molecule has 1 unspecified atom stereocenters. The highest BCUT2D eigenvalue weighted by atomic mass is 16.2. The second kappa shape index (κ2) is 7.62. The van der Waals surface area contributed by atoms with Crippen molar-refractivity contribution in [2.24, 2.45) is 0 Å². The van der Waals surface area contributed by atoms with Crippen LogP contribution in [0.15, 0.2) is 0 Å². The standard InChI is InChI=1S/C15H27N3O2/c1-12(15(20)17-13-6-2-3-7-13)16-9-8-14(19)18-10-4-5-11-18/h12-13,16H,2-11H2,1H3,(H,17,20). The third-order valence-corrected chi connectivity index (χ3v) is 4.34. The molecule has 1 saturated heterocycles. The Morgan fingerprint density at radius 3 is 2.45 bits per heavy atom. The number of amides is 2. The zero-order valence-corrected chi connectivity index (χ0v) is 12.5. The van der Waals surface area contributed by atoms with E-state index in [0.717, 1.165) is 38.8 Å². The van der Waals surface area contributed by atoms with E-state index < -0.39 is 0 Å². The SMILES string of the molecule is CC(NCCC(=O)N1CCCC1)C(=O)NC1CCCC1. The van der Waals surface area contributed by atoms with Crippen LogP contribution in [-0.4, -0.2) is 48.4 Å². The quantitative estimate of drug-likeness (QED) is 0.764. The van der Waals surface area contributed by atoms with E-state index in [9.17, 15) is 9.59 Å². The number of nitrogens with zero attached hydrogens (tertiary/aromatic N) is 1. The smallest absolute Gasteiger partial charge is 0.237 e. The fraction of sp³-hybridized carbons (Fsp3) is 0.867. The normalized spacial score (nSPS) is 21.1. The Hall–Kier alpha value is -1.10. The fourth-order valence-electron chi connectivity index (χ4n) is 3.01. The molecule has 0 spiro atoms. The minimum atomic E-state index is -0.220. The van der Waals surface area contributed by atoms with Gasteiger partial charge in [0.05, 0.1) is 6.04 Å². The summed E-state index contributed by atoms with van der Waals surface area (Å²) in [6.45, 7) is 4.24. The Bertz CT molecular complexity index is 334. The molecule has 0 radical (unpaired) electrons. The van der Waals surface area contributed by atoms with Gasteiger partial charge in [-0.1, -0.05) is 12.8 Å². The zero-order valence-electron chi connectivity index (χ0n) is 12.5. The van der Waals surface area contributed by atoms with Crippen LogP contribution in [0.1, 0.15) is 51.9 Å². The summed E-state index contributed by atoms with van der Waals surface area (Å²) in [5, 5.41) is 6.23. The molecule has 1 heterocycles. The van der Waals surface area contributed by atoms with Crippen molar-refractivity contribution >= 4 is 11.8 Å². The van der Waals surface area contributed by atoms with E-state index in [0.29, 0.717) is 19.0 Å². The number of carbonyl (C=O) groups excluding carboxylic acids is 2. The van der Waals surface area contributed by atoms with Crippen molar-refractivity contribution in [3.05, 3.63) is 0 Å². The van der Waals surface area contributed by atoms with Crippen LogP contribution in [0.25, 0.3) is 0 Å². The molecule has 0 aromatic heterocycles. The molecule has 2 rings (SSSR count). The molecule has 1 atom stereocenters. The van der Waals surface area contributed by atoms with E-state index in [2.05, 4.69) is 10.6 Å². The summed E-state index contributed by atoms with van der Waals surface area (Å²) in [4.78, 5) is 25.7. The van der Waals surface area contributed by atoms with Crippen molar-refractivity contribution in [3.8, 4) is 0 Å². The third-order valence-electron chi connectivity index (χ3n) is 4.34. The van der Waals surface area contributed by atoms with Crippen LogP contribution in [0.3, 0.4) is 0 Å². The minimum absolute atomic E-state index is 0.0607. The highest BCUT2D eigenvalue weighted by Gasteiger charge is 2.21. The predicted molar refractivity (Wildman–Crippen MR) is 78.3 cm³/mol. The van der Waals surface area contributed by atoms with Crippen molar-refractivity contribution in [1.82, 2.24) is 15.5 Å². The molecule has 0 aromatic rings. The maximum atomic E-state index is 12.0. The number of likely N-dealkylation sites (tertiary alicyclic amines) is 1. The Morgan fingerprint density at radius 2 is 1.80 bits per heavy atom. The molecule has 20 heavy (non-hydrogen) atoms. The molecule has 5 nitrogen and oxygen atoms in total. The third kappa shape index (κ3) is 4.47. The van der Waals surface area contributed by atoms with Gasteiger partial charge in [0.1, 0.15) is 0 Å². The summed E-state index contributed by atoms with van der Waals surface area (Å²) in [6, 6.07) is 0.139. The zero-order chi connectivity index (χ0) is 14.4. The number of carbonyl (C=O) groups is 2. The first kappa shape index (κ1) is 15.3. The van der Waals surface area contributed by atoms with Gasteiger partial charge in [0.2, 0.25) is 11.8 Å². The second-order valence-electron chi connectivity index (χ2n) is 6.00. The van der Waals surface area contributed by atoms with Crippen LogP contribution in [0.2, 0.25) is 0 Å². The van der Waals surface area contributed by atoms with Gasteiger partial charge in [-0.25, -0.2) is 0 Å². The number of hydrogen-bond donors (Lipinski definition) is 2. The van der Waals surface area contributed by atoms with E-state index in [1.54, 1.807) is 0 Å². The summed E-state index contributed by atoms with van der Waals surface area (Å²) in [7, 11) is 0. The van der Waals surface area contributed by atoms with Gasteiger partial charge in [-0.05, 0) is 32.6 Å². The fourth-order valence-corrected chi connectivity index (χ4v) is 3.01. The molecule has 1 saturated carbocycles. The summed E-state index contributed by atoms with van der Waals surface area (Å²) in [5.74, 6) is 0.268. The van der Waals surface area contributed by atoms with Gasteiger partial charge in [-0.15, -0.1) is 0 Å². The average molecular weight is 281 g/mol. The number of nitrogens with one attached hydrogen (secondary N) is 2. The van der Waals surface area contributed by atoms with Crippen molar-refractivity contribution in [2.45, 2.75) is 64.0 Å². The first-order chi connectivity index (χ1) is 9.66. The van der Waals surface area contributed by atoms with Crippen molar-refractivity contribution in [1.29, 1.82) is 0 Å².